The van der Waals surface area contributed by atoms with Crippen LogP contribution in [0.5, 0.6) is 0 Å². The fraction of sp³-hybridized carbons (Fsp3) is 0.235. The minimum absolute atomic E-state index is 0.139. The van der Waals surface area contributed by atoms with E-state index in [-0.39, 0.29) is 17.9 Å². The van der Waals surface area contributed by atoms with Gasteiger partial charge in [-0.1, -0.05) is 12.2 Å². The number of carbonyl (C=O) groups is 2. The van der Waals surface area contributed by atoms with Crippen LogP contribution < -0.4 is 10.6 Å². The summed E-state index contributed by atoms with van der Waals surface area (Å²) in [6.45, 7) is 0.630. The normalized spacial score (nSPS) is 16.6. The Labute approximate surface area is 144 Å². The van der Waals surface area contributed by atoms with Gasteiger partial charge < -0.3 is 20.4 Å². The maximum absolute atomic E-state index is 12.2. The molecule has 2 amide bonds. The molecule has 6 nitrogen and oxygen atoms in total. The Morgan fingerprint density at radius 3 is 2.46 bits per heavy atom. The van der Waals surface area contributed by atoms with Gasteiger partial charge in [0.25, 0.3) is 11.8 Å². The summed E-state index contributed by atoms with van der Waals surface area (Å²) in [6, 6.07) is 10.3. The van der Waals surface area contributed by atoms with E-state index in [4.69, 9.17) is 17.0 Å². The van der Waals surface area contributed by atoms with E-state index in [0.29, 0.717) is 28.2 Å². The van der Waals surface area contributed by atoms with Gasteiger partial charge in [-0.05, 0) is 49.2 Å². The molecule has 3 N–H and O–H groups in total. The minimum atomic E-state index is -0.371. The summed E-state index contributed by atoms with van der Waals surface area (Å²) in [5, 5.41) is 5.58. The van der Waals surface area contributed by atoms with Crippen molar-refractivity contribution in [3.05, 3.63) is 52.8 Å². The van der Waals surface area contributed by atoms with Crippen molar-refractivity contribution in [3.8, 4) is 0 Å². The number of nitrogens with one attached hydrogen (secondary N) is 3. The van der Waals surface area contributed by atoms with E-state index >= 15 is 0 Å². The highest BCUT2D eigenvalue weighted by Crippen LogP contribution is 2.18. The van der Waals surface area contributed by atoms with Crippen molar-refractivity contribution >= 4 is 35.4 Å². The first-order valence-corrected chi connectivity index (χ1v) is 8.06. The molecule has 7 heteroatoms. The third-order valence-corrected chi connectivity index (χ3v) is 4.03. The Morgan fingerprint density at radius 2 is 1.83 bits per heavy atom. The average molecular weight is 343 g/mol. The van der Waals surface area contributed by atoms with Crippen LogP contribution in [0.4, 0.5) is 11.4 Å². The van der Waals surface area contributed by atoms with Gasteiger partial charge in [0.05, 0.1) is 5.56 Å². The van der Waals surface area contributed by atoms with Crippen LogP contribution in [0.15, 0.2) is 42.6 Å². The van der Waals surface area contributed by atoms with Crippen molar-refractivity contribution in [2.45, 2.75) is 18.9 Å². The van der Waals surface area contributed by atoms with Crippen LogP contribution in [0.2, 0.25) is 0 Å². The fourth-order valence-corrected chi connectivity index (χ4v) is 2.67. The molecular weight excluding hydrogens is 326 g/mol. The van der Waals surface area contributed by atoms with Gasteiger partial charge in [0.1, 0.15) is 10.7 Å². The van der Waals surface area contributed by atoms with E-state index < -0.39 is 0 Å². The van der Waals surface area contributed by atoms with Crippen LogP contribution in [0.1, 0.15) is 23.2 Å². The highest BCUT2D eigenvalue weighted by molar-refractivity contribution is 7.71. The van der Waals surface area contributed by atoms with Gasteiger partial charge in [-0.3, -0.25) is 9.59 Å². The van der Waals surface area contributed by atoms with Gasteiger partial charge in [-0.2, -0.15) is 0 Å². The second-order valence-corrected chi connectivity index (χ2v) is 5.84. The third kappa shape index (κ3) is 3.87. The molecule has 1 saturated heterocycles. The number of H-pyrrole nitrogens is 1. The number of benzene rings is 1. The van der Waals surface area contributed by atoms with Crippen LogP contribution in [-0.4, -0.2) is 29.5 Å². The lowest BCUT2D eigenvalue weighted by Gasteiger charge is -2.11. The van der Waals surface area contributed by atoms with Crippen molar-refractivity contribution in [1.29, 1.82) is 0 Å². The average Bonchev–Trinajstić information content (AvgIpc) is 3.11. The topological polar surface area (TPSA) is 83.2 Å². The molecule has 0 bridgehead atoms. The Morgan fingerprint density at radius 1 is 1.12 bits per heavy atom. The van der Waals surface area contributed by atoms with E-state index in [1.54, 1.807) is 42.6 Å². The summed E-state index contributed by atoms with van der Waals surface area (Å²) in [5.74, 6) is -0.423. The van der Waals surface area contributed by atoms with Gasteiger partial charge in [0.15, 0.2) is 0 Å². The predicted molar refractivity (Wildman–Crippen MR) is 93.6 cm³/mol. The first kappa shape index (κ1) is 16.4. The lowest BCUT2D eigenvalue weighted by molar-refractivity contribution is -0.124. The summed E-state index contributed by atoms with van der Waals surface area (Å²) in [6.07, 6.45) is 2.96. The van der Waals surface area contributed by atoms with E-state index in [9.17, 15) is 9.59 Å². The highest BCUT2D eigenvalue weighted by Gasteiger charge is 2.23. The standard InChI is InChI=1S/C17H17N3O3S/c21-15(13-3-1-9-18-17(13)24)19-11-5-7-12(8-6-11)20-16(22)14-4-2-10-23-14/h1,3,5-9,14H,2,4,10H2,(H,18,24)(H,19,21)(H,20,22). The second kappa shape index (κ2) is 7.37. The molecule has 3 rings (SSSR count). The van der Waals surface area contributed by atoms with Crippen LogP contribution >= 0.6 is 12.2 Å². The molecule has 2 heterocycles. The summed E-state index contributed by atoms with van der Waals surface area (Å²) >= 11 is 5.09. The quantitative estimate of drug-likeness (QED) is 0.745. The first-order valence-electron chi connectivity index (χ1n) is 7.65. The SMILES string of the molecule is O=C(Nc1ccc(NC(=O)C2CCCO2)cc1)c1ccc[nH]c1=S. The zero-order chi connectivity index (χ0) is 16.9. The zero-order valence-electron chi connectivity index (χ0n) is 12.9. The van der Waals surface area contributed by atoms with Crippen molar-refractivity contribution in [2.24, 2.45) is 0 Å². The summed E-state index contributed by atoms with van der Waals surface area (Å²) in [7, 11) is 0. The van der Waals surface area contributed by atoms with Crippen LogP contribution in [0.25, 0.3) is 0 Å². The number of carbonyl (C=O) groups excluding carboxylic acids is 2. The number of hydrogen-bond donors (Lipinski definition) is 3. The lowest BCUT2D eigenvalue weighted by atomic mass is 10.2. The van der Waals surface area contributed by atoms with Crippen molar-refractivity contribution in [3.63, 3.8) is 0 Å². The number of pyridine rings is 1. The fourth-order valence-electron chi connectivity index (χ4n) is 2.44. The molecule has 124 valence electrons. The van der Waals surface area contributed by atoms with Crippen LogP contribution in [0.3, 0.4) is 0 Å². The molecule has 1 aromatic carbocycles. The molecule has 1 unspecified atom stereocenters. The van der Waals surface area contributed by atoms with Crippen LogP contribution in [-0.2, 0) is 9.53 Å². The molecule has 0 saturated carbocycles. The van der Waals surface area contributed by atoms with Gasteiger partial charge in [-0.25, -0.2) is 0 Å². The molecule has 1 atom stereocenters. The number of ether oxygens (including phenoxy) is 1. The second-order valence-electron chi connectivity index (χ2n) is 5.44. The molecule has 0 aliphatic carbocycles. The monoisotopic (exact) mass is 343 g/mol. The molecule has 24 heavy (non-hydrogen) atoms. The van der Waals surface area contributed by atoms with Gasteiger partial charge in [0, 0.05) is 24.2 Å². The number of amides is 2. The van der Waals surface area contributed by atoms with Gasteiger partial charge >= 0.3 is 0 Å². The molecule has 1 fully saturated rings. The van der Waals surface area contributed by atoms with Crippen molar-refractivity contribution in [2.75, 3.05) is 17.2 Å². The number of anilines is 2. The maximum atomic E-state index is 12.2. The molecule has 0 radical (unpaired) electrons. The third-order valence-electron chi connectivity index (χ3n) is 3.70. The van der Waals surface area contributed by atoms with Gasteiger partial charge in [0.2, 0.25) is 0 Å². The number of rotatable bonds is 4. The Hall–Kier alpha value is -2.51. The maximum Gasteiger partial charge on any atom is 0.258 e. The number of hydrogen-bond acceptors (Lipinski definition) is 4. The van der Waals surface area contributed by atoms with E-state index in [2.05, 4.69) is 15.6 Å². The van der Waals surface area contributed by atoms with E-state index in [1.165, 1.54) is 0 Å². The highest BCUT2D eigenvalue weighted by atomic mass is 32.1. The number of aromatic amines is 1. The largest absolute Gasteiger partial charge is 0.368 e. The summed E-state index contributed by atoms with van der Waals surface area (Å²) in [5.41, 5.74) is 1.68. The molecule has 1 aromatic heterocycles. The van der Waals surface area contributed by atoms with Crippen molar-refractivity contribution < 1.29 is 14.3 Å². The molecule has 2 aromatic rings. The Balaban J connectivity index is 1.62. The summed E-state index contributed by atoms with van der Waals surface area (Å²) in [4.78, 5) is 27.0. The molecule has 1 aliphatic rings. The van der Waals surface area contributed by atoms with Gasteiger partial charge in [-0.15, -0.1) is 0 Å². The smallest absolute Gasteiger partial charge is 0.258 e. The molecule has 1 aliphatic heterocycles. The van der Waals surface area contributed by atoms with Crippen molar-refractivity contribution in [1.82, 2.24) is 4.98 Å². The first-order chi connectivity index (χ1) is 11.6. The van der Waals surface area contributed by atoms with E-state index in [1.807, 2.05) is 0 Å². The van der Waals surface area contributed by atoms with Crippen LogP contribution in [0, 0.1) is 4.64 Å². The minimum Gasteiger partial charge on any atom is -0.368 e. The predicted octanol–water partition coefficient (Wildman–Crippen LogP) is 3.11. The number of aromatic nitrogens is 1. The summed E-state index contributed by atoms with van der Waals surface area (Å²) < 4.78 is 5.73. The molecular formula is C17H17N3O3S. The Bertz CT molecular complexity index is 795. The van der Waals surface area contributed by atoms with E-state index in [0.717, 1.165) is 12.8 Å². The zero-order valence-corrected chi connectivity index (χ0v) is 13.7. The lowest BCUT2D eigenvalue weighted by Crippen LogP contribution is -2.26. The Kier molecular flexibility index (Phi) is 5.02. The molecule has 0 spiro atoms.